The molecule has 2 aromatic heterocycles. The van der Waals surface area contributed by atoms with Gasteiger partial charge in [-0.15, -0.1) is 28.1 Å². The summed E-state index contributed by atoms with van der Waals surface area (Å²) in [6.07, 6.45) is 1.76. The fraction of sp³-hybridized carbons (Fsp3) is 0.200. The number of anilines is 1. The third kappa shape index (κ3) is 6.49. The summed E-state index contributed by atoms with van der Waals surface area (Å²) in [7, 11) is 1.62. The number of benzene rings is 2. The number of methoxy groups -OCH3 is 1. The lowest BCUT2D eigenvalue weighted by atomic mass is 10.1. The van der Waals surface area contributed by atoms with Crippen molar-refractivity contribution in [2.24, 2.45) is 0 Å². The number of carbonyl (C=O) groups excluding carboxylic acids is 1. The third-order valence-corrected chi connectivity index (χ3v) is 6.69. The molecule has 2 heterocycles. The van der Waals surface area contributed by atoms with Crippen molar-refractivity contribution in [3.05, 3.63) is 78.0 Å². The van der Waals surface area contributed by atoms with Gasteiger partial charge in [0, 0.05) is 17.5 Å². The summed E-state index contributed by atoms with van der Waals surface area (Å²) in [6.45, 7) is 6.60. The molecule has 0 saturated carbocycles. The third-order valence-electron chi connectivity index (χ3n) is 4.96. The molecule has 35 heavy (non-hydrogen) atoms. The maximum absolute atomic E-state index is 12.5. The molecule has 4 rings (SSSR count). The number of amides is 1. The Kier molecular flexibility index (Phi) is 8.17. The Morgan fingerprint density at radius 2 is 1.89 bits per heavy atom. The van der Waals surface area contributed by atoms with Crippen LogP contribution in [0.5, 0.6) is 11.5 Å². The van der Waals surface area contributed by atoms with E-state index in [2.05, 4.69) is 27.1 Å². The normalized spacial score (nSPS) is 10.7. The number of aryl methyl sites for hydroxylation is 1. The van der Waals surface area contributed by atoms with Gasteiger partial charge in [0.15, 0.2) is 16.1 Å². The number of rotatable bonds is 11. The van der Waals surface area contributed by atoms with E-state index in [-0.39, 0.29) is 18.3 Å². The number of nitrogens with one attached hydrogen (secondary N) is 1. The highest BCUT2D eigenvalue weighted by Gasteiger charge is 2.15. The molecular weight excluding hydrogens is 482 g/mol. The van der Waals surface area contributed by atoms with E-state index < -0.39 is 0 Å². The Bertz CT molecular complexity index is 1280. The smallest absolute Gasteiger partial charge is 0.236 e. The Balaban J connectivity index is 1.33. The molecule has 0 fully saturated rings. The first-order valence-corrected chi connectivity index (χ1v) is 12.7. The van der Waals surface area contributed by atoms with Crippen molar-refractivity contribution in [3.8, 4) is 22.8 Å². The van der Waals surface area contributed by atoms with Crippen molar-refractivity contribution in [2.75, 3.05) is 18.2 Å². The Morgan fingerprint density at radius 1 is 1.14 bits per heavy atom. The van der Waals surface area contributed by atoms with E-state index in [1.807, 2.05) is 65.4 Å². The van der Waals surface area contributed by atoms with Gasteiger partial charge in [0.25, 0.3) is 0 Å². The molecule has 1 amide bonds. The number of thioether (sulfide) groups is 1. The molecule has 0 radical (unpaired) electrons. The molecule has 0 unspecified atom stereocenters. The van der Waals surface area contributed by atoms with E-state index in [1.165, 1.54) is 28.7 Å². The molecule has 2 aromatic carbocycles. The van der Waals surface area contributed by atoms with Gasteiger partial charge < -0.3 is 14.8 Å². The van der Waals surface area contributed by atoms with Crippen LogP contribution in [0.1, 0.15) is 11.4 Å². The summed E-state index contributed by atoms with van der Waals surface area (Å²) in [5.74, 6) is 2.11. The highest BCUT2D eigenvalue weighted by molar-refractivity contribution is 7.99. The van der Waals surface area contributed by atoms with Crippen LogP contribution < -0.4 is 14.8 Å². The van der Waals surface area contributed by atoms with Gasteiger partial charge in [-0.3, -0.25) is 9.36 Å². The number of aromatic nitrogens is 4. The molecule has 4 aromatic rings. The van der Waals surface area contributed by atoms with Gasteiger partial charge in [-0.2, -0.15) is 0 Å². The predicted molar refractivity (Wildman–Crippen MR) is 139 cm³/mol. The van der Waals surface area contributed by atoms with E-state index in [0.29, 0.717) is 28.4 Å². The number of allylic oxidation sites excluding steroid dienone is 1. The molecule has 0 aliphatic heterocycles. The van der Waals surface area contributed by atoms with Crippen molar-refractivity contribution in [1.82, 2.24) is 19.7 Å². The van der Waals surface area contributed by atoms with Crippen LogP contribution in [-0.4, -0.2) is 38.5 Å². The zero-order chi connectivity index (χ0) is 24.6. The zero-order valence-electron chi connectivity index (χ0n) is 19.4. The van der Waals surface area contributed by atoms with Crippen molar-refractivity contribution in [3.63, 3.8) is 0 Å². The van der Waals surface area contributed by atoms with Crippen LogP contribution in [0.3, 0.4) is 0 Å². The van der Waals surface area contributed by atoms with E-state index in [9.17, 15) is 4.79 Å². The molecule has 0 bridgehead atoms. The lowest BCUT2D eigenvalue weighted by molar-refractivity contribution is -0.113. The van der Waals surface area contributed by atoms with E-state index in [1.54, 1.807) is 13.2 Å². The monoisotopic (exact) mass is 507 g/mol. The fourth-order valence-electron chi connectivity index (χ4n) is 3.14. The van der Waals surface area contributed by atoms with Gasteiger partial charge in [-0.1, -0.05) is 47.7 Å². The maximum atomic E-state index is 12.5. The van der Waals surface area contributed by atoms with Crippen LogP contribution in [0.4, 0.5) is 5.13 Å². The van der Waals surface area contributed by atoms with Gasteiger partial charge in [0.2, 0.25) is 5.91 Å². The van der Waals surface area contributed by atoms with E-state index in [4.69, 9.17) is 9.47 Å². The van der Waals surface area contributed by atoms with E-state index in [0.717, 1.165) is 17.0 Å². The van der Waals surface area contributed by atoms with Crippen LogP contribution in [0.25, 0.3) is 11.3 Å². The first kappa shape index (κ1) is 24.5. The lowest BCUT2D eigenvalue weighted by Gasteiger charge is -2.09. The average molecular weight is 508 g/mol. The number of carbonyl (C=O) groups is 1. The molecule has 0 aliphatic carbocycles. The van der Waals surface area contributed by atoms with Gasteiger partial charge >= 0.3 is 0 Å². The first-order chi connectivity index (χ1) is 17.1. The van der Waals surface area contributed by atoms with Gasteiger partial charge in [-0.05, 0) is 31.2 Å². The molecule has 0 spiro atoms. The van der Waals surface area contributed by atoms with Crippen molar-refractivity contribution in [2.45, 2.75) is 25.2 Å². The Hall–Kier alpha value is -3.63. The summed E-state index contributed by atoms with van der Waals surface area (Å²) in [6, 6.07) is 15.4. The van der Waals surface area contributed by atoms with Crippen LogP contribution in [0.2, 0.25) is 0 Å². The van der Waals surface area contributed by atoms with Crippen LogP contribution in [-0.2, 0) is 17.9 Å². The highest BCUT2D eigenvalue weighted by Crippen LogP contribution is 2.26. The molecule has 10 heteroatoms. The molecule has 180 valence electrons. The molecule has 0 saturated heterocycles. The number of ether oxygens (including phenoxy) is 2. The second-order valence-corrected chi connectivity index (χ2v) is 9.30. The first-order valence-electron chi connectivity index (χ1n) is 10.8. The summed E-state index contributed by atoms with van der Waals surface area (Å²) in [5.41, 5.74) is 3.04. The summed E-state index contributed by atoms with van der Waals surface area (Å²) >= 11 is 2.70. The maximum Gasteiger partial charge on any atom is 0.236 e. The second-order valence-electron chi connectivity index (χ2n) is 7.50. The molecule has 0 aliphatic rings. The number of hydrogen-bond donors (Lipinski definition) is 1. The van der Waals surface area contributed by atoms with Gasteiger partial charge in [-0.25, -0.2) is 4.98 Å². The lowest BCUT2D eigenvalue weighted by Crippen LogP contribution is -2.15. The van der Waals surface area contributed by atoms with Crippen molar-refractivity contribution < 1.29 is 14.3 Å². The van der Waals surface area contributed by atoms with Crippen LogP contribution in [0.15, 0.2) is 71.7 Å². The molecular formula is C25H25N5O3S2. The Labute approximate surface area is 212 Å². The van der Waals surface area contributed by atoms with Crippen LogP contribution >= 0.6 is 23.1 Å². The van der Waals surface area contributed by atoms with Gasteiger partial charge in [0.1, 0.15) is 18.1 Å². The summed E-state index contributed by atoms with van der Waals surface area (Å²) in [4.78, 5) is 17.1. The SMILES string of the molecule is C=CCn1c(COc2ccc(OC)cc2)nnc1SCC(=O)Nc1nc(-c2ccc(C)cc2)cs1. The predicted octanol–water partition coefficient (Wildman–Crippen LogP) is 5.21. The van der Waals surface area contributed by atoms with Gasteiger partial charge in [0.05, 0.1) is 18.6 Å². The zero-order valence-corrected chi connectivity index (χ0v) is 21.1. The minimum Gasteiger partial charge on any atom is -0.497 e. The van der Waals surface area contributed by atoms with Crippen LogP contribution in [0, 0.1) is 6.92 Å². The quantitative estimate of drug-likeness (QED) is 0.220. The molecule has 0 atom stereocenters. The molecule has 1 N–H and O–H groups in total. The van der Waals surface area contributed by atoms with Crippen molar-refractivity contribution >= 4 is 34.1 Å². The fourth-order valence-corrected chi connectivity index (χ4v) is 4.64. The minimum atomic E-state index is -0.163. The largest absolute Gasteiger partial charge is 0.497 e. The number of nitrogens with zero attached hydrogens (tertiary/aromatic N) is 4. The minimum absolute atomic E-state index is 0.163. The highest BCUT2D eigenvalue weighted by atomic mass is 32.2. The number of hydrogen-bond acceptors (Lipinski definition) is 8. The standard InChI is InChI=1S/C25H25N5O3S2/c1-4-13-30-22(14-33-20-11-9-19(32-3)10-12-20)28-29-25(30)35-16-23(31)27-24-26-21(15-34-24)18-7-5-17(2)6-8-18/h4-12,15H,1,13-14,16H2,2-3H3,(H,26,27,31). The summed E-state index contributed by atoms with van der Waals surface area (Å²) in [5, 5.41) is 14.5. The van der Waals surface area contributed by atoms with E-state index >= 15 is 0 Å². The number of thiazole rings is 1. The summed E-state index contributed by atoms with van der Waals surface area (Å²) < 4.78 is 12.9. The topological polar surface area (TPSA) is 91.2 Å². The average Bonchev–Trinajstić information content (AvgIpc) is 3.49. The Morgan fingerprint density at radius 3 is 2.60 bits per heavy atom. The second kappa shape index (κ2) is 11.7. The molecule has 8 nitrogen and oxygen atoms in total. The van der Waals surface area contributed by atoms with Crippen molar-refractivity contribution in [1.29, 1.82) is 0 Å².